The zero-order valence-corrected chi connectivity index (χ0v) is 29.5. The van der Waals surface area contributed by atoms with Crippen LogP contribution in [0.2, 0.25) is 0 Å². The smallest absolute Gasteiger partial charge is 0.320 e. The second kappa shape index (κ2) is 14.5. The van der Waals surface area contributed by atoms with Crippen molar-refractivity contribution in [3.8, 4) is 23.1 Å². The molecule has 1 aliphatic rings. The van der Waals surface area contributed by atoms with Crippen LogP contribution in [0.4, 0.5) is 17.6 Å². The molecule has 8 nitrogen and oxygen atoms in total. The first-order valence-corrected chi connectivity index (χ1v) is 17.1. The summed E-state index contributed by atoms with van der Waals surface area (Å²) in [6.07, 6.45) is 0.595. The van der Waals surface area contributed by atoms with Crippen molar-refractivity contribution >= 4 is 13.5 Å². The van der Waals surface area contributed by atoms with E-state index in [-0.39, 0.29) is 37.9 Å². The fourth-order valence-corrected chi connectivity index (χ4v) is 6.82. The molecule has 1 fully saturated rings. The average molecular weight is 677 g/mol. The molecule has 3 aromatic rings. The van der Waals surface area contributed by atoms with E-state index < -0.39 is 35.4 Å². The first kappa shape index (κ1) is 36.6. The third kappa shape index (κ3) is 9.66. The summed E-state index contributed by atoms with van der Waals surface area (Å²) >= 11 is 0. The van der Waals surface area contributed by atoms with Gasteiger partial charge in [-0.2, -0.15) is 10.1 Å². The minimum absolute atomic E-state index is 0.154. The fraction of sp³-hybridized carbons (Fsp3) is 0.588. The maximum Gasteiger partial charge on any atom is 0.320 e. The van der Waals surface area contributed by atoms with Gasteiger partial charge in [-0.25, -0.2) is 22.5 Å². The van der Waals surface area contributed by atoms with Gasteiger partial charge >= 0.3 is 6.01 Å². The van der Waals surface area contributed by atoms with E-state index in [4.69, 9.17) is 9.47 Å². The summed E-state index contributed by atoms with van der Waals surface area (Å²) in [7, 11) is 0.794. The van der Waals surface area contributed by atoms with Crippen LogP contribution in [0.25, 0.3) is 11.3 Å². The Bertz CT molecular complexity index is 1570. The highest BCUT2D eigenvalue weighted by Crippen LogP contribution is 2.39. The lowest BCUT2D eigenvalue weighted by Gasteiger charge is -2.29. The number of pyridine rings is 1. The molecule has 2 unspecified atom stereocenters. The zero-order valence-electron chi connectivity index (χ0n) is 28.6. The lowest BCUT2D eigenvalue weighted by Crippen LogP contribution is -2.28. The van der Waals surface area contributed by atoms with E-state index in [0.717, 1.165) is 13.5 Å². The molecule has 256 valence electrons. The van der Waals surface area contributed by atoms with E-state index in [1.165, 1.54) is 6.20 Å². The van der Waals surface area contributed by atoms with E-state index in [2.05, 4.69) is 25.1 Å². The van der Waals surface area contributed by atoms with Gasteiger partial charge in [0.1, 0.15) is 16.9 Å². The molecule has 0 saturated carbocycles. The molecule has 0 spiro atoms. The standard InChI is InChI=1S/C34H45F4N6O2P/c1-10-23(27(29(35)36)21-11-13-39-22(15-21)18-44-14-12-34(37,38)19-44)28(47-9)24-16-26(43-42-20(24)2)25-17-40-31(46-33(6,7)8)41-30(25)45-32(3,4)5/h11,13,15-17,23,27,29H,10,12,14,18-19H2,1-9H3. The van der Waals surface area contributed by atoms with Gasteiger partial charge < -0.3 is 9.47 Å². The van der Waals surface area contributed by atoms with Crippen LogP contribution in [0.15, 0.2) is 30.6 Å². The largest absolute Gasteiger partial charge is 0.471 e. The molecule has 3 aromatic heterocycles. The van der Waals surface area contributed by atoms with Crippen LogP contribution in [-0.4, -0.2) is 78.6 Å². The minimum atomic E-state index is -2.75. The van der Waals surface area contributed by atoms with Crippen LogP contribution < -0.4 is 9.47 Å². The summed E-state index contributed by atoms with van der Waals surface area (Å²) in [4.78, 5) is 14.9. The van der Waals surface area contributed by atoms with Gasteiger partial charge in [0.25, 0.3) is 5.92 Å². The number of hydrogen-bond donors (Lipinski definition) is 0. The summed E-state index contributed by atoms with van der Waals surface area (Å²) in [6.45, 7) is 17.1. The van der Waals surface area contributed by atoms with Crippen molar-refractivity contribution in [2.75, 3.05) is 19.8 Å². The molecular weight excluding hydrogens is 631 g/mol. The topological polar surface area (TPSA) is 86.2 Å². The van der Waals surface area contributed by atoms with E-state index >= 15 is 8.78 Å². The maximum absolute atomic E-state index is 15.1. The van der Waals surface area contributed by atoms with E-state index in [9.17, 15) is 8.78 Å². The van der Waals surface area contributed by atoms with Crippen LogP contribution in [0, 0.1) is 12.8 Å². The third-order valence-electron chi connectivity index (χ3n) is 7.66. The third-order valence-corrected chi connectivity index (χ3v) is 8.71. The predicted molar refractivity (Wildman–Crippen MR) is 177 cm³/mol. The van der Waals surface area contributed by atoms with Gasteiger partial charge in [0.2, 0.25) is 12.3 Å². The fourth-order valence-electron chi connectivity index (χ4n) is 5.68. The van der Waals surface area contributed by atoms with Crippen LogP contribution in [0.1, 0.15) is 89.7 Å². The van der Waals surface area contributed by atoms with Crippen molar-refractivity contribution in [2.24, 2.45) is 5.92 Å². The molecular formula is C34H45F4N6O2P. The van der Waals surface area contributed by atoms with E-state index in [1.807, 2.05) is 61.2 Å². The number of likely N-dealkylation sites (tertiary alicyclic amines) is 1. The number of alkyl halides is 4. The summed E-state index contributed by atoms with van der Waals surface area (Å²) in [5.41, 5.74) is 2.02. The molecule has 0 radical (unpaired) electrons. The van der Waals surface area contributed by atoms with Crippen molar-refractivity contribution in [1.29, 1.82) is 0 Å². The lowest BCUT2D eigenvalue weighted by molar-refractivity contribution is 0.0114. The molecule has 0 N–H and O–H groups in total. The minimum Gasteiger partial charge on any atom is -0.471 e. The Morgan fingerprint density at radius 2 is 1.74 bits per heavy atom. The molecule has 47 heavy (non-hydrogen) atoms. The van der Waals surface area contributed by atoms with Gasteiger partial charge in [0.15, 0.2) is 0 Å². The Morgan fingerprint density at radius 1 is 1.04 bits per heavy atom. The number of rotatable bonds is 11. The summed E-state index contributed by atoms with van der Waals surface area (Å²) < 4.78 is 69.8. The molecule has 2 atom stereocenters. The molecule has 0 aromatic carbocycles. The molecule has 0 aliphatic carbocycles. The monoisotopic (exact) mass is 676 g/mol. The Hall–Kier alpha value is -3.24. The predicted octanol–water partition coefficient (Wildman–Crippen LogP) is 8.00. The highest BCUT2D eigenvalue weighted by atomic mass is 31.1. The number of aryl methyl sites for hydroxylation is 1. The Morgan fingerprint density at radius 3 is 2.32 bits per heavy atom. The highest BCUT2D eigenvalue weighted by Gasteiger charge is 2.39. The van der Waals surface area contributed by atoms with E-state index in [1.54, 1.807) is 30.2 Å². The molecule has 13 heteroatoms. The highest BCUT2D eigenvalue weighted by molar-refractivity contribution is 7.40. The Labute approximate surface area is 276 Å². The zero-order chi connectivity index (χ0) is 34.7. The molecule has 1 aliphatic heterocycles. The Kier molecular flexibility index (Phi) is 11.3. The molecule has 0 amide bonds. The van der Waals surface area contributed by atoms with Gasteiger partial charge in [0.05, 0.1) is 29.4 Å². The maximum atomic E-state index is 15.1. The molecule has 4 heterocycles. The first-order valence-electron chi connectivity index (χ1n) is 15.8. The Balaban J connectivity index is 1.73. The van der Waals surface area contributed by atoms with Crippen LogP contribution in [-0.2, 0) is 6.54 Å². The lowest BCUT2D eigenvalue weighted by atomic mass is 9.80. The van der Waals surface area contributed by atoms with Gasteiger partial charge in [-0.1, -0.05) is 6.92 Å². The van der Waals surface area contributed by atoms with E-state index in [0.29, 0.717) is 40.2 Å². The number of nitrogens with zero attached hydrogens (tertiary/aromatic N) is 6. The molecule has 4 rings (SSSR count). The second-order valence-corrected chi connectivity index (χ2v) is 14.8. The van der Waals surface area contributed by atoms with Crippen LogP contribution >= 0.6 is 8.20 Å². The summed E-state index contributed by atoms with van der Waals surface area (Å²) in [6, 6.07) is 5.23. The van der Waals surface area contributed by atoms with Gasteiger partial charge in [-0.05, 0) is 90.6 Å². The van der Waals surface area contributed by atoms with Gasteiger partial charge in [0, 0.05) is 43.4 Å². The number of aromatic nitrogens is 5. The first-order chi connectivity index (χ1) is 21.9. The molecule has 0 bridgehead atoms. The van der Waals surface area contributed by atoms with Crippen molar-refractivity contribution < 1.29 is 27.0 Å². The SMILES string of the molecule is CCC(C(=PC)c1cc(-c2cnc(OC(C)(C)C)nc2OC(C)(C)C)nnc1C)C(c1ccnc(CN2CCC(F)(F)C2)c1)C(F)F. The van der Waals surface area contributed by atoms with Crippen LogP contribution in [0.5, 0.6) is 11.9 Å². The summed E-state index contributed by atoms with van der Waals surface area (Å²) in [5.74, 6) is -4.20. The van der Waals surface area contributed by atoms with Crippen molar-refractivity contribution in [3.05, 3.63) is 53.1 Å². The molecule has 1 saturated heterocycles. The summed E-state index contributed by atoms with van der Waals surface area (Å²) in [5, 5.41) is 9.66. The average Bonchev–Trinajstić information content (AvgIpc) is 3.29. The van der Waals surface area contributed by atoms with Crippen molar-refractivity contribution in [1.82, 2.24) is 30.0 Å². The quantitative estimate of drug-likeness (QED) is 0.149. The second-order valence-electron chi connectivity index (χ2n) is 13.9. The van der Waals surface area contributed by atoms with Crippen LogP contribution in [0.3, 0.4) is 0 Å². The van der Waals surface area contributed by atoms with Gasteiger partial charge in [-0.15, -0.1) is 13.3 Å². The van der Waals surface area contributed by atoms with Gasteiger partial charge in [-0.3, -0.25) is 9.88 Å². The number of hydrogen-bond acceptors (Lipinski definition) is 8. The normalized spacial score (nSPS) is 17.2. The number of ether oxygens (including phenoxy) is 2. The van der Waals surface area contributed by atoms with Crippen molar-refractivity contribution in [2.45, 2.75) is 104 Å². The van der Waals surface area contributed by atoms with Crippen molar-refractivity contribution in [3.63, 3.8) is 0 Å². The number of halogens is 4.